The van der Waals surface area contributed by atoms with Gasteiger partial charge in [-0.05, 0) is 46.8 Å². The van der Waals surface area contributed by atoms with Crippen molar-refractivity contribution >= 4 is 0 Å². The summed E-state index contributed by atoms with van der Waals surface area (Å²) in [6, 6.07) is 15.6. The van der Waals surface area contributed by atoms with Gasteiger partial charge in [0.05, 0.1) is 12.8 Å². The fraction of sp³-hybridized carbons (Fsp3) is 0.235. The van der Waals surface area contributed by atoms with Crippen LogP contribution in [0.1, 0.15) is 12.5 Å². The van der Waals surface area contributed by atoms with E-state index in [0.29, 0.717) is 11.5 Å². The monoisotopic (exact) mass is 360 g/mol. The molecule has 7 nitrogen and oxygen atoms in total. The molecule has 0 aliphatic carbocycles. The highest BCUT2D eigenvalue weighted by Crippen LogP contribution is 2.31. The van der Waals surface area contributed by atoms with Crippen LogP contribution in [0.2, 0.25) is 0 Å². The van der Waals surface area contributed by atoms with E-state index in [1.54, 1.807) is 7.11 Å². The quantitative estimate of drug-likeness (QED) is 0.617. The molecule has 0 bridgehead atoms. The number of methoxy groups -OCH3 is 1. The maximum atomic E-state index is 5.87. The van der Waals surface area contributed by atoms with E-state index in [1.165, 1.54) is 4.68 Å². The molecule has 3 aromatic rings. The Balaban J connectivity index is 0.00000225. The summed E-state index contributed by atoms with van der Waals surface area (Å²) in [6.45, 7) is 3.75. The van der Waals surface area contributed by atoms with Crippen LogP contribution < -0.4 is 27.2 Å². The van der Waals surface area contributed by atoms with E-state index in [0.717, 1.165) is 24.3 Å². The first kappa shape index (κ1) is 18.7. The summed E-state index contributed by atoms with van der Waals surface area (Å²) >= 11 is 0. The number of hydrogen-bond donors (Lipinski definition) is 1. The number of tetrazole rings is 1. The zero-order valence-electron chi connectivity index (χ0n) is 14.0. The van der Waals surface area contributed by atoms with Gasteiger partial charge in [-0.25, -0.2) is 0 Å². The lowest BCUT2D eigenvalue weighted by Gasteiger charge is -2.11. The van der Waals surface area contributed by atoms with Gasteiger partial charge < -0.3 is 27.2 Å². The average Bonchev–Trinajstić information content (AvgIpc) is 3.09. The third-order valence-electron chi connectivity index (χ3n) is 3.45. The molecule has 0 atom stereocenters. The van der Waals surface area contributed by atoms with Crippen LogP contribution >= 0.6 is 0 Å². The van der Waals surface area contributed by atoms with E-state index in [2.05, 4.69) is 27.8 Å². The number of nitrogens with zero attached hydrogens (tertiary/aromatic N) is 4. The van der Waals surface area contributed by atoms with Gasteiger partial charge in [-0.2, -0.15) is 4.68 Å². The van der Waals surface area contributed by atoms with Crippen LogP contribution in [0.25, 0.3) is 5.69 Å². The molecule has 2 aromatic carbocycles. The van der Waals surface area contributed by atoms with Gasteiger partial charge in [0.1, 0.15) is 0 Å². The van der Waals surface area contributed by atoms with Crippen LogP contribution in [0, 0.1) is 0 Å². The van der Waals surface area contributed by atoms with Gasteiger partial charge in [0.2, 0.25) is 0 Å². The van der Waals surface area contributed by atoms with E-state index >= 15 is 0 Å². The topological polar surface area (TPSA) is 74.1 Å². The van der Waals surface area contributed by atoms with Gasteiger partial charge >= 0.3 is 6.01 Å². The zero-order valence-corrected chi connectivity index (χ0v) is 14.8. The summed E-state index contributed by atoms with van der Waals surface area (Å²) in [6.07, 6.45) is 0. The second-order valence-corrected chi connectivity index (χ2v) is 5.08. The van der Waals surface area contributed by atoms with Crippen molar-refractivity contribution in [2.45, 2.75) is 13.5 Å². The highest BCUT2D eigenvalue weighted by Gasteiger charge is 2.14. The smallest absolute Gasteiger partial charge is 0.346 e. The Labute approximate surface area is 152 Å². The molecule has 1 aromatic heterocycles. The summed E-state index contributed by atoms with van der Waals surface area (Å²) in [5.74, 6) is 1.19. The maximum Gasteiger partial charge on any atom is 0.346 e. The Kier molecular flexibility index (Phi) is 6.73. The van der Waals surface area contributed by atoms with Gasteiger partial charge in [-0.15, -0.1) is 0 Å². The van der Waals surface area contributed by atoms with Crippen molar-refractivity contribution < 1.29 is 21.9 Å². The fourth-order valence-corrected chi connectivity index (χ4v) is 2.25. The lowest BCUT2D eigenvalue weighted by Crippen LogP contribution is -3.00. The van der Waals surface area contributed by atoms with Gasteiger partial charge in [-0.1, -0.05) is 36.3 Å². The van der Waals surface area contributed by atoms with Crippen LogP contribution in [-0.2, 0) is 6.54 Å². The number of hydrogen-bond acceptors (Lipinski definition) is 6. The van der Waals surface area contributed by atoms with Gasteiger partial charge in [0.15, 0.2) is 11.5 Å². The first-order valence-corrected chi connectivity index (χ1v) is 7.71. The van der Waals surface area contributed by atoms with Crippen molar-refractivity contribution in [2.75, 3.05) is 13.7 Å². The van der Waals surface area contributed by atoms with Crippen LogP contribution in [0.4, 0.5) is 0 Å². The lowest BCUT2D eigenvalue weighted by molar-refractivity contribution is -0.00000592. The number of para-hydroxylation sites is 1. The predicted octanol–water partition coefficient (Wildman–Crippen LogP) is -0.423. The summed E-state index contributed by atoms with van der Waals surface area (Å²) < 4.78 is 12.8. The van der Waals surface area contributed by atoms with E-state index in [9.17, 15) is 0 Å². The average molecular weight is 361 g/mol. The first-order chi connectivity index (χ1) is 11.8. The molecule has 0 saturated heterocycles. The van der Waals surface area contributed by atoms with Crippen LogP contribution in [0.3, 0.4) is 0 Å². The number of nitrogens with one attached hydrogen (secondary N) is 1. The number of halogens is 1. The standard InChI is InChI=1S/C17H19N5O2.ClH/c1-3-18-12-13-9-10-15(16(11-13)23-2)24-17-19-20-21-22(17)14-7-5-4-6-8-14;/h4-11,18H,3,12H2,1-2H3;1H/p-1. The number of rotatable bonds is 7. The molecule has 0 radical (unpaired) electrons. The molecule has 25 heavy (non-hydrogen) atoms. The lowest BCUT2D eigenvalue weighted by atomic mass is 10.2. The molecule has 132 valence electrons. The van der Waals surface area contributed by atoms with E-state index in [4.69, 9.17) is 9.47 Å². The van der Waals surface area contributed by atoms with E-state index < -0.39 is 0 Å². The largest absolute Gasteiger partial charge is 1.00 e. The molecule has 0 aliphatic rings. The summed E-state index contributed by atoms with van der Waals surface area (Å²) in [5.41, 5.74) is 1.93. The highest BCUT2D eigenvalue weighted by molar-refractivity contribution is 5.44. The minimum Gasteiger partial charge on any atom is -1.00 e. The number of benzene rings is 2. The Morgan fingerprint density at radius 2 is 1.88 bits per heavy atom. The SMILES string of the molecule is CCNCc1ccc(Oc2nnnn2-c2ccccc2)c(OC)c1.[Cl-]. The fourth-order valence-electron chi connectivity index (χ4n) is 2.25. The first-order valence-electron chi connectivity index (χ1n) is 7.71. The van der Waals surface area contributed by atoms with Crippen molar-refractivity contribution in [3.05, 3.63) is 54.1 Å². The summed E-state index contributed by atoms with van der Waals surface area (Å²) in [5, 5.41) is 14.9. The van der Waals surface area contributed by atoms with Crippen LogP contribution in [0.5, 0.6) is 17.5 Å². The minimum absolute atomic E-state index is 0. The summed E-state index contributed by atoms with van der Waals surface area (Å²) in [4.78, 5) is 0. The van der Waals surface area contributed by atoms with Crippen molar-refractivity contribution in [3.8, 4) is 23.2 Å². The normalized spacial score (nSPS) is 10.2. The minimum atomic E-state index is 0. The predicted molar refractivity (Wildman–Crippen MR) is 89.6 cm³/mol. The third kappa shape index (κ3) is 4.46. The molecule has 3 rings (SSSR count). The van der Waals surface area contributed by atoms with Crippen LogP contribution in [-0.4, -0.2) is 33.9 Å². The van der Waals surface area contributed by atoms with Crippen LogP contribution in [0.15, 0.2) is 48.5 Å². The molecule has 1 N–H and O–H groups in total. The Morgan fingerprint density at radius 3 is 2.60 bits per heavy atom. The zero-order chi connectivity index (χ0) is 16.8. The molecule has 0 spiro atoms. The van der Waals surface area contributed by atoms with Gasteiger partial charge in [0.25, 0.3) is 0 Å². The molecule has 8 heteroatoms. The third-order valence-corrected chi connectivity index (χ3v) is 3.45. The highest BCUT2D eigenvalue weighted by atomic mass is 35.5. The van der Waals surface area contributed by atoms with Crippen molar-refractivity contribution in [3.63, 3.8) is 0 Å². The van der Waals surface area contributed by atoms with Gasteiger partial charge in [-0.3, -0.25) is 0 Å². The molecule has 1 heterocycles. The molecule has 0 unspecified atom stereocenters. The Hall–Kier alpha value is -2.64. The van der Waals surface area contributed by atoms with E-state index in [-0.39, 0.29) is 18.4 Å². The molecular formula is C17H19ClN5O2-. The molecule has 0 aliphatic heterocycles. The van der Waals surface area contributed by atoms with Crippen molar-refractivity contribution in [1.29, 1.82) is 0 Å². The number of aromatic nitrogens is 4. The maximum absolute atomic E-state index is 5.87. The molecular weight excluding hydrogens is 342 g/mol. The second kappa shape index (κ2) is 9.00. The van der Waals surface area contributed by atoms with E-state index in [1.807, 2.05) is 48.5 Å². The Bertz CT molecular complexity index is 795. The van der Waals surface area contributed by atoms with Crippen molar-refractivity contribution in [2.24, 2.45) is 0 Å². The molecule has 0 fully saturated rings. The molecule has 0 amide bonds. The van der Waals surface area contributed by atoms with Gasteiger partial charge in [0, 0.05) is 6.54 Å². The summed E-state index contributed by atoms with van der Waals surface area (Å²) in [7, 11) is 1.61. The molecule has 0 saturated carbocycles. The van der Waals surface area contributed by atoms with Crippen molar-refractivity contribution in [1.82, 2.24) is 25.5 Å². The number of ether oxygens (including phenoxy) is 2. The second-order valence-electron chi connectivity index (χ2n) is 5.08. The Morgan fingerprint density at radius 1 is 1.08 bits per heavy atom.